The van der Waals surface area contributed by atoms with Gasteiger partial charge >= 0.3 is 13.7 Å². The molecular weight excluding hydrogens is 569 g/mol. The van der Waals surface area contributed by atoms with Crippen LogP contribution < -0.4 is 20.1 Å². The maximum atomic E-state index is 14.2. The summed E-state index contributed by atoms with van der Waals surface area (Å²) in [7, 11) is -4.14. The number of hydrogen-bond donors (Lipinski definition) is 2. The van der Waals surface area contributed by atoms with E-state index in [-0.39, 0.29) is 13.2 Å². The van der Waals surface area contributed by atoms with E-state index >= 15 is 0 Å². The second-order valence-electron chi connectivity index (χ2n) is 9.89. The lowest BCUT2D eigenvalue weighted by atomic mass is 10.2. The lowest BCUT2D eigenvalue weighted by Crippen LogP contribution is -2.37. The molecule has 0 bridgehead atoms. The van der Waals surface area contributed by atoms with Crippen molar-refractivity contribution in [3.05, 3.63) is 90.8 Å². The SMILES string of the molecule is CCOCc1nc2c(N)nc3ccccc3c2n1C[C@H](C)O[P@](=O)(N[C@@H](C)C(=O)Oc1ccccc1)Oc1ccccc1. The van der Waals surface area contributed by atoms with Gasteiger partial charge in [0.25, 0.3) is 0 Å². The van der Waals surface area contributed by atoms with E-state index < -0.39 is 25.9 Å². The number of fused-ring (bicyclic) bond motifs is 3. The summed E-state index contributed by atoms with van der Waals surface area (Å²) in [5.74, 6) is 0.939. The molecule has 3 N–H and O–H groups in total. The van der Waals surface area contributed by atoms with Gasteiger partial charge in [-0.15, -0.1) is 0 Å². The molecule has 0 amide bonds. The number of rotatable bonds is 13. The van der Waals surface area contributed by atoms with Gasteiger partial charge in [-0.05, 0) is 51.1 Å². The Hall–Kier alpha value is -4.28. The molecule has 0 aliphatic carbocycles. The van der Waals surface area contributed by atoms with Gasteiger partial charge in [0.1, 0.15) is 35.5 Å². The average molecular weight is 604 g/mol. The van der Waals surface area contributed by atoms with Crippen LogP contribution in [0, 0.1) is 0 Å². The van der Waals surface area contributed by atoms with E-state index in [9.17, 15) is 9.36 Å². The zero-order valence-electron chi connectivity index (χ0n) is 24.2. The van der Waals surface area contributed by atoms with Crippen molar-refractivity contribution in [2.45, 2.75) is 46.1 Å². The minimum atomic E-state index is -4.14. The van der Waals surface area contributed by atoms with Crippen LogP contribution >= 0.6 is 7.75 Å². The van der Waals surface area contributed by atoms with Crippen LogP contribution in [0.15, 0.2) is 84.9 Å². The van der Waals surface area contributed by atoms with Gasteiger partial charge in [-0.1, -0.05) is 54.6 Å². The van der Waals surface area contributed by atoms with Crippen LogP contribution in [0.2, 0.25) is 0 Å². The third-order valence-corrected chi connectivity index (χ3v) is 8.31. The molecule has 2 aromatic heterocycles. The molecule has 11 nitrogen and oxygen atoms in total. The number of carbonyl (C=O) groups excluding carboxylic acids is 1. The lowest BCUT2D eigenvalue weighted by molar-refractivity contribution is -0.136. The summed E-state index contributed by atoms with van der Waals surface area (Å²) in [6.45, 7) is 6.13. The number of ether oxygens (including phenoxy) is 2. The zero-order chi connectivity index (χ0) is 30.4. The molecule has 0 saturated carbocycles. The summed E-state index contributed by atoms with van der Waals surface area (Å²) in [5, 5.41) is 3.61. The van der Waals surface area contributed by atoms with Crippen LogP contribution in [-0.4, -0.2) is 39.3 Å². The van der Waals surface area contributed by atoms with E-state index in [1.807, 2.05) is 47.9 Å². The molecule has 5 rings (SSSR count). The summed E-state index contributed by atoms with van der Waals surface area (Å²) in [6.07, 6.45) is -0.690. The fraction of sp³-hybridized carbons (Fsp3) is 0.258. The molecule has 0 aliphatic heterocycles. The second-order valence-corrected chi connectivity index (χ2v) is 11.5. The van der Waals surface area contributed by atoms with E-state index in [0.717, 1.165) is 16.4 Å². The van der Waals surface area contributed by atoms with Gasteiger partial charge in [-0.2, -0.15) is 5.09 Å². The molecule has 3 aromatic carbocycles. The predicted molar refractivity (Wildman–Crippen MR) is 165 cm³/mol. The van der Waals surface area contributed by atoms with Gasteiger partial charge < -0.3 is 24.3 Å². The number of esters is 1. The highest BCUT2D eigenvalue weighted by Crippen LogP contribution is 2.46. The zero-order valence-corrected chi connectivity index (χ0v) is 25.1. The summed E-state index contributed by atoms with van der Waals surface area (Å²) in [4.78, 5) is 22.1. The molecule has 43 heavy (non-hydrogen) atoms. The van der Waals surface area contributed by atoms with Gasteiger partial charge in [0, 0.05) is 12.0 Å². The molecule has 0 radical (unpaired) electrons. The second kappa shape index (κ2) is 13.4. The van der Waals surface area contributed by atoms with E-state index in [0.29, 0.717) is 35.3 Å². The number of nitrogens with two attached hydrogens (primary N) is 1. The third kappa shape index (κ3) is 7.21. The third-order valence-electron chi connectivity index (χ3n) is 6.52. The number of pyridine rings is 1. The average Bonchev–Trinajstić information content (AvgIpc) is 3.35. The van der Waals surface area contributed by atoms with Crippen LogP contribution in [0.25, 0.3) is 21.9 Å². The molecule has 0 spiro atoms. The first-order valence-electron chi connectivity index (χ1n) is 13.9. The molecule has 0 aliphatic rings. The quantitative estimate of drug-likeness (QED) is 0.0953. The van der Waals surface area contributed by atoms with Crippen molar-refractivity contribution < 1.29 is 27.9 Å². The Morgan fingerprint density at radius 1 is 0.953 bits per heavy atom. The molecule has 0 fully saturated rings. The summed E-state index contributed by atoms with van der Waals surface area (Å²) in [5.41, 5.74) is 8.34. The van der Waals surface area contributed by atoms with Gasteiger partial charge in [0.15, 0.2) is 5.82 Å². The number of aromatic nitrogens is 3. The van der Waals surface area contributed by atoms with Crippen molar-refractivity contribution in [2.75, 3.05) is 12.3 Å². The standard InChI is InChI=1S/C31H34N5O6P/c1-4-39-20-27-34-28-29(25-17-11-12-18-26(25)33-30(28)32)36(27)19-21(2)41-43(38,42-24-15-9-6-10-16-24)35-22(3)31(37)40-23-13-7-5-8-14-23/h5-18,21-22H,4,19-20H2,1-3H3,(H2,32,33)(H,35,38)/t21-,22-,43+/m0/s1. The fourth-order valence-corrected chi connectivity index (χ4v) is 6.29. The summed E-state index contributed by atoms with van der Waals surface area (Å²) in [6, 6.07) is 23.8. The first-order valence-corrected chi connectivity index (χ1v) is 15.5. The van der Waals surface area contributed by atoms with Crippen molar-refractivity contribution in [1.82, 2.24) is 19.6 Å². The highest BCUT2D eigenvalue weighted by atomic mass is 31.2. The van der Waals surface area contributed by atoms with Crippen molar-refractivity contribution >= 4 is 41.5 Å². The Morgan fingerprint density at radius 2 is 1.60 bits per heavy atom. The number of hydrogen-bond acceptors (Lipinski definition) is 9. The number of imidazole rings is 1. The molecule has 0 unspecified atom stereocenters. The molecule has 0 saturated heterocycles. The van der Waals surface area contributed by atoms with E-state index in [1.165, 1.54) is 6.92 Å². The smallest absolute Gasteiger partial charge is 0.425 e. The van der Waals surface area contributed by atoms with Gasteiger partial charge in [-0.3, -0.25) is 4.52 Å². The Bertz CT molecular complexity index is 1750. The summed E-state index contributed by atoms with van der Waals surface area (Å²) < 4.78 is 39.3. The number of nitrogens with one attached hydrogen (secondary N) is 1. The van der Waals surface area contributed by atoms with Crippen LogP contribution in [-0.2, 0) is 31.8 Å². The molecule has 3 atom stereocenters. The summed E-state index contributed by atoms with van der Waals surface area (Å²) >= 11 is 0. The number of benzene rings is 3. The van der Waals surface area contributed by atoms with E-state index in [1.54, 1.807) is 55.5 Å². The van der Waals surface area contributed by atoms with Crippen LogP contribution in [0.1, 0.15) is 26.6 Å². The maximum Gasteiger partial charge on any atom is 0.459 e. The topological polar surface area (TPSA) is 140 Å². The Kier molecular flexibility index (Phi) is 9.37. The monoisotopic (exact) mass is 603 g/mol. The van der Waals surface area contributed by atoms with Gasteiger partial charge in [0.05, 0.1) is 23.7 Å². The molecule has 5 aromatic rings. The first-order chi connectivity index (χ1) is 20.8. The van der Waals surface area contributed by atoms with Crippen molar-refractivity contribution in [2.24, 2.45) is 0 Å². The van der Waals surface area contributed by atoms with E-state index in [2.05, 4.69) is 10.1 Å². The first kappa shape index (κ1) is 30.2. The van der Waals surface area contributed by atoms with E-state index in [4.69, 9.17) is 29.2 Å². The highest BCUT2D eigenvalue weighted by molar-refractivity contribution is 7.52. The van der Waals surface area contributed by atoms with Gasteiger partial charge in [0.2, 0.25) is 0 Å². The maximum absolute atomic E-state index is 14.2. The Labute approximate surface area is 249 Å². The number of carbonyl (C=O) groups is 1. The molecule has 12 heteroatoms. The van der Waals surface area contributed by atoms with Crippen molar-refractivity contribution in [3.63, 3.8) is 0 Å². The number of nitrogen functional groups attached to an aromatic ring is 1. The predicted octanol–water partition coefficient (Wildman–Crippen LogP) is 5.88. The Morgan fingerprint density at radius 3 is 2.30 bits per heavy atom. The number of para-hydroxylation sites is 3. The normalized spacial score (nSPS) is 14.3. The van der Waals surface area contributed by atoms with Crippen molar-refractivity contribution in [1.29, 1.82) is 0 Å². The largest absolute Gasteiger partial charge is 0.459 e. The number of nitrogens with zero attached hydrogens (tertiary/aromatic N) is 3. The Balaban J connectivity index is 1.44. The minimum Gasteiger partial charge on any atom is -0.425 e. The van der Waals surface area contributed by atoms with Crippen molar-refractivity contribution in [3.8, 4) is 11.5 Å². The lowest BCUT2D eigenvalue weighted by Gasteiger charge is -2.26. The molecular formula is C31H34N5O6P. The highest BCUT2D eigenvalue weighted by Gasteiger charge is 2.35. The van der Waals surface area contributed by atoms with Crippen LogP contribution in [0.4, 0.5) is 5.82 Å². The van der Waals surface area contributed by atoms with Crippen LogP contribution in [0.3, 0.4) is 0 Å². The molecule has 2 heterocycles. The molecule has 224 valence electrons. The van der Waals surface area contributed by atoms with Gasteiger partial charge in [-0.25, -0.2) is 19.3 Å². The van der Waals surface area contributed by atoms with Crippen LogP contribution in [0.5, 0.6) is 11.5 Å². The number of anilines is 1. The fourth-order valence-electron chi connectivity index (χ4n) is 4.61. The minimum absolute atomic E-state index is 0.221.